The predicted octanol–water partition coefficient (Wildman–Crippen LogP) is 2.21. The first-order chi connectivity index (χ1) is 7.41. The van der Waals surface area contributed by atoms with E-state index in [4.69, 9.17) is 5.11 Å². The highest BCUT2D eigenvalue weighted by atomic mass is 32.1. The molecule has 0 aliphatic carbocycles. The summed E-state index contributed by atoms with van der Waals surface area (Å²) < 4.78 is 0. The largest absolute Gasteiger partial charge is 0.481 e. The van der Waals surface area contributed by atoms with Crippen molar-refractivity contribution in [2.75, 3.05) is 0 Å². The van der Waals surface area contributed by atoms with Crippen molar-refractivity contribution in [2.24, 2.45) is 5.92 Å². The van der Waals surface area contributed by atoms with Crippen LogP contribution >= 0.6 is 11.3 Å². The van der Waals surface area contributed by atoms with Gasteiger partial charge in [-0.2, -0.15) is 0 Å². The summed E-state index contributed by atoms with van der Waals surface area (Å²) >= 11 is 1.64. The monoisotopic (exact) mass is 242 g/mol. The number of nitrogens with zero attached hydrogens (tertiary/aromatic N) is 1. The average Bonchev–Trinajstić information content (AvgIpc) is 2.63. The number of nitrogens with one attached hydrogen (secondary N) is 1. The molecule has 16 heavy (non-hydrogen) atoms. The summed E-state index contributed by atoms with van der Waals surface area (Å²) in [6, 6.07) is 0.0206. The fourth-order valence-corrected chi connectivity index (χ4v) is 2.18. The molecular formula is C11H18N2O2S. The molecule has 0 saturated carbocycles. The number of hydrogen-bond donors (Lipinski definition) is 2. The quantitative estimate of drug-likeness (QED) is 0.831. The Morgan fingerprint density at radius 1 is 1.50 bits per heavy atom. The molecule has 0 aliphatic heterocycles. The van der Waals surface area contributed by atoms with E-state index in [2.05, 4.69) is 10.3 Å². The zero-order chi connectivity index (χ0) is 12.3. The van der Waals surface area contributed by atoms with Crippen molar-refractivity contribution in [3.63, 3.8) is 0 Å². The topological polar surface area (TPSA) is 62.2 Å². The Kier molecular flexibility index (Phi) is 4.44. The van der Waals surface area contributed by atoms with Crippen molar-refractivity contribution in [1.29, 1.82) is 0 Å². The molecule has 2 N–H and O–H groups in total. The molecule has 0 spiro atoms. The summed E-state index contributed by atoms with van der Waals surface area (Å²) in [6.45, 7) is 7.61. The van der Waals surface area contributed by atoms with Crippen molar-refractivity contribution in [2.45, 2.75) is 39.8 Å². The molecule has 3 atom stereocenters. The maximum Gasteiger partial charge on any atom is 0.307 e. The summed E-state index contributed by atoms with van der Waals surface area (Å²) in [6.07, 6.45) is 1.84. The van der Waals surface area contributed by atoms with Crippen molar-refractivity contribution in [1.82, 2.24) is 10.3 Å². The van der Waals surface area contributed by atoms with E-state index in [1.54, 1.807) is 18.3 Å². The highest BCUT2D eigenvalue weighted by molar-refractivity contribution is 7.11. The van der Waals surface area contributed by atoms with Crippen LogP contribution in [0.4, 0.5) is 0 Å². The predicted molar refractivity (Wildman–Crippen MR) is 64.7 cm³/mol. The van der Waals surface area contributed by atoms with Crippen LogP contribution in [0.15, 0.2) is 6.20 Å². The SMILES string of the molecule is Cc1cnc(C(C)NC(C)C(C)C(=O)O)s1. The molecule has 1 aromatic heterocycles. The van der Waals surface area contributed by atoms with E-state index in [0.29, 0.717) is 0 Å². The van der Waals surface area contributed by atoms with E-state index in [9.17, 15) is 4.79 Å². The fraction of sp³-hybridized carbons (Fsp3) is 0.636. The summed E-state index contributed by atoms with van der Waals surface area (Å²) in [5.74, 6) is -1.17. The van der Waals surface area contributed by atoms with Crippen LogP contribution in [-0.4, -0.2) is 22.1 Å². The number of rotatable bonds is 5. The number of aliphatic carboxylic acids is 1. The zero-order valence-corrected chi connectivity index (χ0v) is 10.8. The summed E-state index contributed by atoms with van der Waals surface area (Å²) in [7, 11) is 0. The minimum absolute atomic E-state index is 0.0725. The molecule has 5 heteroatoms. The molecule has 0 radical (unpaired) electrons. The summed E-state index contributed by atoms with van der Waals surface area (Å²) in [5.41, 5.74) is 0. The Morgan fingerprint density at radius 3 is 2.56 bits per heavy atom. The van der Waals surface area contributed by atoms with E-state index < -0.39 is 11.9 Å². The van der Waals surface area contributed by atoms with E-state index in [1.165, 1.54) is 4.88 Å². The maximum absolute atomic E-state index is 10.8. The molecule has 1 heterocycles. The highest BCUT2D eigenvalue weighted by Gasteiger charge is 2.21. The molecule has 4 nitrogen and oxygen atoms in total. The molecule has 90 valence electrons. The van der Waals surface area contributed by atoms with Crippen LogP contribution in [0.2, 0.25) is 0 Å². The molecule has 0 aliphatic rings. The van der Waals surface area contributed by atoms with Gasteiger partial charge in [-0.3, -0.25) is 4.79 Å². The third kappa shape index (κ3) is 3.28. The molecule has 3 unspecified atom stereocenters. The second-order valence-corrected chi connectivity index (χ2v) is 5.38. The number of thiazole rings is 1. The highest BCUT2D eigenvalue weighted by Crippen LogP contribution is 2.20. The van der Waals surface area contributed by atoms with Crippen LogP contribution in [-0.2, 0) is 4.79 Å². The Bertz CT molecular complexity index is 365. The second-order valence-electron chi connectivity index (χ2n) is 4.11. The number of aryl methyl sites for hydroxylation is 1. The number of carboxylic acid groups (broad SMARTS) is 1. The van der Waals surface area contributed by atoms with Crippen LogP contribution < -0.4 is 5.32 Å². The minimum atomic E-state index is -0.775. The molecule has 0 fully saturated rings. The zero-order valence-electron chi connectivity index (χ0n) is 10.0. The van der Waals surface area contributed by atoms with Crippen molar-refractivity contribution < 1.29 is 9.90 Å². The third-order valence-electron chi connectivity index (χ3n) is 2.66. The lowest BCUT2D eigenvalue weighted by atomic mass is 10.0. The first kappa shape index (κ1) is 13.1. The Morgan fingerprint density at radius 2 is 2.12 bits per heavy atom. The number of carboxylic acids is 1. The van der Waals surface area contributed by atoms with E-state index in [-0.39, 0.29) is 12.1 Å². The van der Waals surface area contributed by atoms with Gasteiger partial charge in [0, 0.05) is 17.1 Å². The molecule has 1 aromatic rings. The van der Waals surface area contributed by atoms with E-state index in [0.717, 1.165) is 5.01 Å². The van der Waals surface area contributed by atoms with Crippen molar-refractivity contribution in [3.05, 3.63) is 16.1 Å². The van der Waals surface area contributed by atoms with Crippen LogP contribution in [0, 0.1) is 12.8 Å². The smallest absolute Gasteiger partial charge is 0.307 e. The van der Waals surface area contributed by atoms with Gasteiger partial charge in [-0.1, -0.05) is 6.92 Å². The molecule has 0 amide bonds. The Hall–Kier alpha value is -0.940. The van der Waals surface area contributed by atoms with Gasteiger partial charge in [0.05, 0.1) is 12.0 Å². The van der Waals surface area contributed by atoms with Gasteiger partial charge in [0.15, 0.2) is 0 Å². The lowest BCUT2D eigenvalue weighted by molar-refractivity contribution is -0.142. The molecule has 1 rings (SSSR count). The van der Waals surface area contributed by atoms with Gasteiger partial charge in [-0.25, -0.2) is 4.98 Å². The second kappa shape index (κ2) is 5.41. The average molecular weight is 242 g/mol. The summed E-state index contributed by atoms with van der Waals surface area (Å²) in [5, 5.41) is 13.1. The van der Waals surface area contributed by atoms with E-state index >= 15 is 0 Å². The summed E-state index contributed by atoms with van der Waals surface area (Å²) in [4.78, 5) is 16.3. The van der Waals surface area contributed by atoms with E-state index in [1.807, 2.05) is 27.0 Å². The lowest BCUT2D eigenvalue weighted by Crippen LogP contribution is -2.37. The number of aromatic nitrogens is 1. The van der Waals surface area contributed by atoms with Crippen LogP contribution in [0.25, 0.3) is 0 Å². The molecule has 0 bridgehead atoms. The fourth-order valence-electron chi connectivity index (χ4n) is 1.40. The van der Waals surface area contributed by atoms with Crippen molar-refractivity contribution >= 4 is 17.3 Å². The standard InChI is InChI=1S/C11H18N2O2S/c1-6-5-12-10(16-6)9(4)13-8(3)7(2)11(14)15/h5,7-9,13H,1-4H3,(H,14,15). The minimum Gasteiger partial charge on any atom is -0.481 e. The molecular weight excluding hydrogens is 224 g/mol. The van der Waals surface area contributed by atoms with Crippen LogP contribution in [0.5, 0.6) is 0 Å². The number of carbonyl (C=O) groups is 1. The first-order valence-corrected chi connectivity index (χ1v) is 6.14. The van der Waals surface area contributed by atoms with Gasteiger partial charge >= 0.3 is 5.97 Å². The molecule has 0 aromatic carbocycles. The first-order valence-electron chi connectivity index (χ1n) is 5.33. The molecule has 0 saturated heterocycles. The maximum atomic E-state index is 10.8. The Labute approximate surface area is 99.7 Å². The Balaban J connectivity index is 2.57. The van der Waals surface area contributed by atoms with Gasteiger partial charge in [-0.15, -0.1) is 11.3 Å². The third-order valence-corrected chi connectivity index (χ3v) is 3.76. The van der Waals surface area contributed by atoms with Crippen LogP contribution in [0.1, 0.15) is 36.7 Å². The lowest BCUT2D eigenvalue weighted by Gasteiger charge is -2.21. The van der Waals surface area contributed by atoms with Gasteiger partial charge in [0.25, 0.3) is 0 Å². The van der Waals surface area contributed by atoms with Crippen molar-refractivity contribution in [3.8, 4) is 0 Å². The van der Waals surface area contributed by atoms with Crippen LogP contribution in [0.3, 0.4) is 0 Å². The van der Waals surface area contributed by atoms with Gasteiger partial charge < -0.3 is 10.4 Å². The number of hydrogen-bond acceptors (Lipinski definition) is 4. The van der Waals surface area contributed by atoms with Gasteiger partial charge in [-0.05, 0) is 20.8 Å². The van der Waals surface area contributed by atoms with Gasteiger partial charge in [0.1, 0.15) is 5.01 Å². The van der Waals surface area contributed by atoms with Gasteiger partial charge in [0.2, 0.25) is 0 Å². The normalized spacial score (nSPS) is 16.8.